The van der Waals surface area contributed by atoms with Crippen molar-refractivity contribution in [1.82, 2.24) is 10.2 Å². The first kappa shape index (κ1) is 24.1. The summed E-state index contributed by atoms with van der Waals surface area (Å²) in [5.41, 5.74) is 1.16. The Labute approximate surface area is 175 Å². The smallest absolute Gasteiger partial charge is 0.373 e. The molecule has 1 aliphatic rings. The highest BCUT2D eigenvalue weighted by Gasteiger charge is 2.34. The topological polar surface area (TPSA) is 70.7 Å². The largest absolute Gasteiger partial charge is 0.405 e. The Bertz CT molecular complexity index is 758. The van der Waals surface area contributed by atoms with Gasteiger partial charge in [-0.25, -0.2) is 0 Å². The molecule has 1 aliphatic heterocycles. The number of ether oxygens (including phenoxy) is 1. The van der Waals surface area contributed by atoms with Crippen LogP contribution in [0.4, 0.5) is 18.9 Å². The fourth-order valence-corrected chi connectivity index (χ4v) is 3.72. The second-order valence-corrected chi connectivity index (χ2v) is 8.22. The van der Waals surface area contributed by atoms with Crippen molar-refractivity contribution < 1.29 is 27.5 Å². The fourth-order valence-electron chi connectivity index (χ4n) is 3.72. The summed E-state index contributed by atoms with van der Waals surface area (Å²) in [4.78, 5) is 27.3. The number of anilines is 1. The van der Waals surface area contributed by atoms with E-state index in [4.69, 9.17) is 4.74 Å². The van der Waals surface area contributed by atoms with Crippen LogP contribution in [0, 0.1) is 12.8 Å². The first-order valence-corrected chi connectivity index (χ1v) is 10.0. The molecule has 0 aliphatic carbocycles. The SMILES string of the molecule is Cc1ccc(C(=O)NCC(F)(F)F)cc1NC(=O)C(C(C)C)N1CC(C)OC(C)C1. The van der Waals surface area contributed by atoms with Gasteiger partial charge in [0.15, 0.2) is 0 Å². The molecule has 168 valence electrons. The summed E-state index contributed by atoms with van der Waals surface area (Å²) in [7, 11) is 0. The number of amides is 2. The number of nitrogens with one attached hydrogen (secondary N) is 2. The second kappa shape index (κ2) is 9.78. The molecule has 1 aromatic carbocycles. The van der Waals surface area contributed by atoms with Crippen molar-refractivity contribution in [3.05, 3.63) is 29.3 Å². The van der Waals surface area contributed by atoms with Gasteiger partial charge in [-0.15, -0.1) is 0 Å². The molecule has 6 nitrogen and oxygen atoms in total. The first-order valence-electron chi connectivity index (χ1n) is 10.0. The van der Waals surface area contributed by atoms with E-state index in [2.05, 4.69) is 10.2 Å². The zero-order valence-electron chi connectivity index (χ0n) is 18.0. The molecular weight excluding hydrogens is 399 g/mol. The van der Waals surface area contributed by atoms with Crippen LogP contribution in [-0.4, -0.2) is 60.8 Å². The van der Waals surface area contributed by atoms with Crippen LogP contribution in [0.15, 0.2) is 18.2 Å². The predicted octanol–water partition coefficient (Wildman–Crippen LogP) is 3.36. The molecule has 2 rings (SSSR count). The predicted molar refractivity (Wildman–Crippen MR) is 108 cm³/mol. The van der Waals surface area contributed by atoms with Crippen molar-refractivity contribution in [3.63, 3.8) is 0 Å². The molecule has 0 radical (unpaired) electrons. The normalized spacial score (nSPS) is 21.4. The Balaban J connectivity index is 2.16. The van der Waals surface area contributed by atoms with Gasteiger partial charge in [0.25, 0.3) is 5.91 Å². The lowest BCUT2D eigenvalue weighted by molar-refractivity contribution is -0.130. The van der Waals surface area contributed by atoms with Crippen LogP contribution in [0.25, 0.3) is 0 Å². The maximum Gasteiger partial charge on any atom is 0.405 e. The van der Waals surface area contributed by atoms with Crippen LogP contribution in [0.5, 0.6) is 0 Å². The van der Waals surface area contributed by atoms with E-state index >= 15 is 0 Å². The highest BCUT2D eigenvalue weighted by atomic mass is 19.4. The zero-order valence-corrected chi connectivity index (χ0v) is 18.0. The maximum atomic E-state index is 13.1. The summed E-state index contributed by atoms with van der Waals surface area (Å²) in [6.07, 6.45) is -4.48. The molecule has 30 heavy (non-hydrogen) atoms. The van der Waals surface area contributed by atoms with Gasteiger partial charge in [0, 0.05) is 24.3 Å². The highest BCUT2D eigenvalue weighted by Crippen LogP contribution is 2.23. The number of benzene rings is 1. The Morgan fingerprint density at radius 1 is 1.20 bits per heavy atom. The van der Waals surface area contributed by atoms with Gasteiger partial charge in [-0.1, -0.05) is 19.9 Å². The van der Waals surface area contributed by atoms with Gasteiger partial charge in [0.2, 0.25) is 5.91 Å². The number of rotatable bonds is 6. The number of carbonyl (C=O) groups excluding carboxylic acids is 2. The number of morpholine rings is 1. The molecule has 0 aromatic heterocycles. The molecule has 9 heteroatoms. The average Bonchev–Trinajstić information content (AvgIpc) is 2.60. The molecule has 1 aromatic rings. The molecule has 0 spiro atoms. The minimum absolute atomic E-state index is 0.00481. The fraction of sp³-hybridized carbons (Fsp3) is 0.619. The number of nitrogens with zero attached hydrogens (tertiary/aromatic N) is 1. The molecular formula is C21H30F3N3O3. The number of halogens is 3. The minimum atomic E-state index is -4.49. The van der Waals surface area contributed by atoms with Crippen LogP contribution in [0.2, 0.25) is 0 Å². The van der Waals surface area contributed by atoms with E-state index in [1.165, 1.54) is 12.1 Å². The summed E-state index contributed by atoms with van der Waals surface area (Å²) >= 11 is 0. The molecule has 1 fully saturated rings. The third kappa shape index (κ3) is 6.70. The molecule has 0 bridgehead atoms. The van der Waals surface area contributed by atoms with Crippen LogP contribution in [0.3, 0.4) is 0 Å². The minimum Gasteiger partial charge on any atom is -0.373 e. The first-order chi connectivity index (χ1) is 13.9. The third-order valence-corrected chi connectivity index (χ3v) is 4.95. The lowest BCUT2D eigenvalue weighted by Crippen LogP contribution is -2.55. The van der Waals surface area contributed by atoms with Gasteiger partial charge in [-0.2, -0.15) is 13.2 Å². The van der Waals surface area contributed by atoms with E-state index < -0.39 is 24.7 Å². The standard InChI is InChI=1S/C21H30F3N3O3/c1-12(2)18(27-9-14(4)30-15(5)10-27)20(29)26-17-8-16(7-6-13(17)3)19(28)25-11-21(22,23)24/h6-8,12,14-15,18H,9-11H2,1-5H3,(H,25,28)(H,26,29). The van der Waals surface area contributed by atoms with Gasteiger partial charge in [-0.3, -0.25) is 14.5 Å². The Morgan fingerprint density at radius 3 is 2.33 bits per heavy atom. The van der Waals surface area contributed by atoms with Crippen LogP contribution >= 0.6 is 0 Å². The van der Waals surface area contributed by atoms with Gasteiger partial charge in [0.1, 0.15) is 6.54 Å². The average molecular weight is 429 g/mol. The number of carbonyl (C=O) groups is 2. The zero-order chi connectivity index (χ0) is 22.6. The van der Waals surface area contributed by atoms with E-state index in [-0.39, 0.29) is 29.6 Å². The number of hydrogen-bond donors (Lipinski definition) is 2. The number of aryl methyl sites for hydroxylation is 1. The van der Waals surface area contributed by atoms with Crippen molar-refractivity contribution in [2.24, 2.45) is 5.92 Å². The quantitative estimate of drug-likeness (QED) is 0.728. The number of alkyl halides is 3. The van der Waals surface area contributed by atoms with Crippen molar-refractivity contribution >= 4 is 17.5 Å². The Kier molecular flexibility index (Phi) is 7.87. The van der Waals surface area contributed by atoms with Crippen molar-refractivity contribution in [2.45, 2.75) is 59.0 Å². The summed E-state index contributed by atoms with van der Waals surface area (Å²) in [5, 5.41) is 4.71. The maximum absolute atomic E-state index is 13.1. The van der Waals surface area contributed by atoms with E-state index in [0.717, 1.165) is 0 Å². The van der Waals surface area contributed by atoms with E-state index in [1.807, 2.05) is 33.0 Å². The van der Waals surface area contributed by atoms with E-state index in [9.17, 15) is 22.8 Å². The second-order valence-electron chi connectivity index (χ2n) is 8.22. The monoisotopic (exact) mass is 429 g/mol. The van der Waals surface area contributed by atoms with Crippen molar-refractivity contribution in [3.8, 4) is 0 Å². The Morgan fingerprint density at radius 2 is 1.80 bits per heavy atom. The third-order valence-electron chi connectivity index (χ3n) is 4.95. The molecule has 2 N–H and O–H groups in total. The van der Waals surface area contributed by atoms with Crippen LogP contribution < -0.4 is 10.6 Å². The number of hydrogen-bond acceptors (Lipinski definition) is 4. The molecule has 1 saturated heterocycles. The van der Waals surface area contributed by atoms with Gasteiger partial charge in [-0.05, 0) is 44.4 Å². The van der Waals surface area contributed by atoms with E-state index in [1.54, 1.807) is 13.0 Å². The highest BCUT2D eigenvalue weighted by molar-refractivity contribution is 5.99. The van der Waals surface area contributed by atoms with Crippen molar-refractivity contribution in [2.75, 3.05) is 25.0 Å². The molecule has 0 saturated carbocycles. The van der Waals surface area contributed by atoms with Crippen LogP contribution in [-0.2, 0) is 9.53 Å². The summed E-state index contributed by atoms with van der Waals surface area (Å²) in [6.45, 7) is 9.45. The van der Waals surface area contributed by atoms with Crippen LogP contribution in [0.1, 0.15) is 43.6 Å². The Hall–Kier alpha value is -2.13. The van der Waals surface area contributed by atoms with Crippen molar-refractivity contribution in [1.29, 1.82) is 0 Å². The summed E-state index contributed by atoms with van der Waals surface area (Å²) in [6, 6.07) is 4.03. The summed E-state index contributed by atoms with van der Waals surface area (Å²) in [5.74, 6) is -1.04. The van der Waals surface area contributed by atoms with Gasteiger partial charge in [0.05, 0.1) is 18.2 Å². The summed E-state index contributed by atoms with van der Waals surface area (Å²) < 4.78 is 42.8. The lowest BCUT2D eigenvalue weighted by atomic mass is 9.99. The molecule has 2 amide bonds. The lowest BCUT2D eigenvalue weighted by Gasteiger charge is -2.41. The van der Waals surface area contributed by atoms with E-state index in [0.29, 0.717) is 24.3 Å². The molecule has 1 heterocycles. The van der Waals surface area contributed by atoms with Gasteiger partial charge >= 0.3 is 6.18 Å². The molecule has 3 unspecified atom stereocenters. The molecule has 3 atom stereocenters. The van der Waals surface area contributed by atoms with Gasteiger partial charge < -0.3 is 15.4 Å².